The van der Waals surface area contributed by atoms with Gasteiger partial charge in [0.1, 0.15) is 22.5 Å². The van der Waals surface area contributed by atoms with Crippen molar-refractivity contribution in [2.45, 2.75) is 25.1 Å². The summed E-state index contributed by atoms with van der Waals surface area (Å²) in [5, 5.41) is 12.5. The molecule has 0 spiro atoms. The maximum absolute atomic E-state index is 13.6. The fourth-order valence-corrected chi connectivity index (χ4v) is 3.47. The van der Waals surface area contributed by atoms with E-state index >= 15 is 0 Å². The Morgan fingerprint density at radius 3 is 2.77 bits per heavy atom. The Morgan fingerprint density at radius 2 is 2.15 bits per heavy atom. The van der Waals surface area contributed by atoms with Gasteiger partial charge in [0.2, 0.25) is 0 Å². The molecule has 2 heterocycles. The van der Waals surface area contributed by atoms with E-state index in [1.165, 1.54) is 6.92 Å². The van der Waals surface area contributed by atoms with Gasteiger partial charge in [-0.15, -0.1) is 0 Å². The highest BCUT2D eigenvalue weighted by molar-refractivity contribution is 7.16. The SMILES string of the molecule is CC1(Nc2nc(-c3cccnc3)c(C#N)s2)C=C(C(F)(F)F)C(F)=CC1. The van der Waals surface area contributed by atoms with Crippen LogP contribution < -0.4 is 5.32 Å². The van der Waals surface area contributed by atoms with Crippen molar-refractivity contribution >= 4 is 16.5 Å². The van der Waals surface area contributed by atoms with Crippen molar-refractivity contribution in [2.24, 2.45) is 0 Å². The first-order valence-electron chi connectivity index (χ1n) is 7.47. The van der Waals surface area contributed by atoms with E-state index in [9.17, 15) is 22.8 Å². The molecule has 26 heavy (non-hydrogen) atoms. The second-order valence-electron chi connectivity index (χ2n) is 5.90. The van der Waals surface area contributed by atoms with E-state index < -0.39 is 23.1 Å². The van der Waals surface area contributed by atoms with Crippen LogP contribution in [0.5, 0.6) is 0 Å². The number of nitrogens with zero attached hydrogens (tertiary/aromatic N) is 3. The first-order valence-corrected chi connectivity index (χ1v) is 8.29. The fraction of sp³-hybridized carbons (Fsp3) is 0.235. The van der Waals surface area contributed by atoms with E-state index in [1.54, 1.807) is 24.5 Å². The molecule has 134 valence electrons. The summed E-state index contributed by atoms with van der Waals surface area (Å²) in [6, 6.07) is 5.45. The van der Waals surface area contributed by atoms with Gasteiger partial charge in [0.25, 0.3) is 0 Å². The number of allylic oxidation sites excluding steroid dienone is 2. The third kappa shape index (κ3) is 3.60. The minimum absolute atomic E-state index is 0.0160. The van der Waals surface area contributed by atoms with Crippen molar-refractivity contribution in [3.8, 4) is 17.3 Å². The lowest BCUT2D eigenvalue weighted by molar-refractivity contribution is -0.0919. The molecule has 1 unspecified atom stereocenters. The molecule has 9 heteroatoms. The Morgan fingerprint density at radius 1 is 1.38 bits per heavy atom. The quantitative estimate of drug-likeness (QED) is 0.762. The van der Waals surface area contributed by atoms with Gasteiger partial charge >= 0.3 is 6.18 Å². The molecular formula is C17H12F4N4S. The van der Waals surface area contributed by atoms with Gasteiger partial charge in [-0.25, -0.2) is 9.37 Å². The Kier molecular flexibility index (Phi) is 4.54. The highest BCUT2D eigenvalue weighted by Crippen LogP contribution is 2.40. The molecular weight excluding hydrogens is 368 g/mol. The van der Waals surface area contributed by atoms with Gasteiger partial charge in [0.05, 0.1) is 11.1 Å². The molecule has 0 saturated carbocycles. The number of anilines is 1. The van der Waals surface area contributed by atoms with E-state index in [0.29, 0.717) is 16.1 Å². The van der Waals surface area contributed by atoms with Crippen molar-refractivity contribution in [1.82, 2.24) is 9.97 Å². The van der Waals surface area contributed by atoms with Crippen molar-refractivity contribution in [1.29, 1.82) is 5.26 Å². The number of aromatic nitrogens is 2. The predicted molar refractivity (Wildman–Crippen MR) is 90.0 cm³/mol. The van der Waals surface area contributed by atoms with Crippen LogP contribution in [0.2, 0.25) is 0 Å². The summed E-state index contributed by atoms with van der Waals surface area (Å²) in [5.74, 6) is -1.29. The van der Waals surface area contributed by atoms with Gasteiger partial charge in [-0.3, -0.25) is 4.98 Å². The maximum Gasteiger partial charge on any atom is 0.418 e. The number of halogens is 4. The number of nitriles is 1. The second-order valence-corrected chi connectivity index (χ2v) is 6.90. The van der Waals surface area contributed by atoms with E-state index in [2.05, 4.69) is 15.3 Å². The standard InChI is InChI=1S/C17H12F4N4S/c1-16(5-4-12(18)11(7-16)17(19,20)21)25-15-24-14(13(8-22)26-15)10-3-2-6-23-9-10/h2-4,6-7,9H,5H2,1H3,(H,24,25). The van der Waals surface area contributed by atoms with Crippen LogP contribution in [0.25, 0.3) is 11.3 Å². The average Bonchev–Trinajstić information content (AvgIpc) is 2.99. The molecule has 0 radical (unpaired) electrons. The number of thiazole rings is 1. The molecule has 3 rings (SSSR count). The zero-order valence-electron chi connectivity index (χ0n) is 13.4. The van der Waals surface area contributed by atoms with Gasteiger partial charge in [0.15, 0.2) is 5.13 Å². The molecule has 0 bridgehead atoms. The van der Waals surface area contributed by atoms with E-state index in [-0.39, 0.29) is 11.6 Å². The second kappa shape index (κ2) is 6.53. The highest BCUT2D eigenvalue weighted by atomic mass is 32.1. The lowest BCUT2D eigenvalue weighted by atomic mass is 9.89. The molecule has 1 aliphatic rings. The summed E-state index contributed by atoms with van der Waals surface area (Å²) in [6.45, 7) is 1.51. The first-order chi connectivity index (χ1) is 12.2. The van der Waals surface area contributed by atoms with Gasteiger partial charge in [-0.05, 0) is 37.6 Å². The summed E-state index contributed by atoms with van der Waals surface area (Å²) in [7, 11) is 0. The van der Waals surface area contributed by atoms with Crippen LogP contribution >= 0.6 is 11.3 Å². The van der Waals surface area contributed by atoms with Crippen molar-refractivity contribution in [3.05, 3.63) is 53.0 Å². The summed E-state index contributed by atoms with van der Waals surface area (Å²) < 4.78 is 52.5. The number of alkyl halides is 3. The Balaban J connectivity index is 1.94. The predicted octanol–water partition coefficient (Wildman–Crippen LogP) is 4.99. The van der Waals surface area contributed by atoms with Crippen LogP contribution in [0.4, 0.5) is 22.7 Å². The molecule has 1 aliphatic carbocycles. The Hall–Kier alpha value is -2.73. The van der Waals surface area contributed by atoms with Crippen molar-refractivity contribution in [2.75, 3.05) is 5.32 Å². The topological polar surface area (TPSA) is 61.6 Å². The Labute approximate surface area is 150 Å². The largest absolute Gasteiger partial charge is 0.418 e. The van der Waals surface area contributed by atoms with Crippen molar-refractivity contribution < 1.29 is 17.6 Å². The van der Waals surface area contributed by atoms with Gasteiger partial charge < -0.3 is 5.32 Å². The lowest BCUT2D eigenvalue weighted by Crippen LogP contribution is -2.35. The Bertz CT molecular complexity index is 924. The number of hydrogen-bond acceptors (Lipinski definition) is 5. The van der Waals surface area contributed by atoms with Gasteiger partial charge in [-0.2, -0.15) is 18.4 Å². The molecule has 4 nitrogen and oxygen atoms in total. The number of hydrogen-bond donors (Lipinski definition) is 1. The van der Waals surface area contributed by atoms with Crippen LogP contribution in [0.1, 0.15) is 18.2 Å². The van der Waals surface area contributed by atoms with Crippen LogP contribution in [-0.2, 0) is 0 Å². The first kappa shape index (κ1) is 18.1. The molecule has 1 atom stereocenters. The zero-order chi connectivity index (χ0) is 18.9. The lowest BCUT2D eigenvalue weighted by Gasteiger charge is -2.30. The summed E-state index contributed by atoms with van der Waals surface area (Å²) in [4.78, 5) is 8.60. The molecule has 0 aliphatic heterocycles. The summed E-state index contributed by atoms with van der Waals surface area (Å²) >= 11 is 1.02. The molecule has 0 fully saturated rings. The van der Waals surface area contributed by atoms with E-state index in [4.69, 9.17) is 0 Å². The molecule has 0 amide bonds. The minimum Gasteiger partial charge on any atom is -0.352 e. The van der Waals surface area contributed by atoms with Gasteiger partial charge in [0, 0.05) is 18.0 Å². The van der Waals surface area contributed by atoms with Crippen LogP contribution in [0, 0.1) is 11.3 Å². The van der Waals surface area contributed by atoms with Crippen LogP contribution in [0.15, 0.2) is 48.1 Å². The van der Waals surface area contributed by atoms with Crippen LogP contribution in [0.3, 0.4) is 0 Å². The fourth-order valence-electron chi connectivity index (χ4n) is 2.55. The minimum atomic E-state index is -4.79. The number of pyridine rings is 1. The number of nitrogens with one attached hydrogen (secondary N) is 1. The highest BCUT2D eigenvalue weighted by Gasteiger charge is 2.41. The monoisotopic (exact) mass is 380 g/mol. The molecule has 2 aromatic rings. The summed E-state index contributed by atoms with van der Waals surface area (Å²) in [5.41, 5.74) is -1.48. The number of rotatable bonds is 3. The zero-order valence-corrected chi connectivity index (χ0v) is 14.2. The van der Waals surface area contributed by atoms with Gasteiger partial charge in [-0.1, -0.05) is 11.3 Å². The maximum atomic E-state index is 13.6. The van der Waals surface area contributed by atoms with Crippen molar-refractivity contribution in [3.63, 3.8) is 0 Å². The molecule has 0 saturated heterocycles. The molecule has 1 N–H and O–H groups in total. The van der Waals surface area contributed by atoms with Crippen LogP contribution in [-0.4, -0.2) is 21.7 Å². The average molecular weight is 380 g/mol. The van der Waals surface area contributed by atoms with E-state index in [0.717, 1.165) is 23.5 Å². The third-order valence-electron chi connectivity index (χ3n) is 3.79. The summed E-state index contributed by atoms with van der Waals surface area (Å²) in [6.07, 6.45) is 0.0695. The van der Waals surface area contributed by atoms with E-state index in [1.807, 2.05) is 6.07 Å². The normalized spacial score (nSPS) is 20.2. The molecule has 2 aromatic heterocycles. The smallest absolute Gasteiger partial charge is 0.352 e. The molecule has 0 aromatic carbocycles. The third-order valence-corrected chi connectivity index (χ3v) is 4.66.